The van der Waals surface area contributed by atoms with Gasteiger partial charge >= 0.3 is 0 Å². The lowest BCUT2D eigenvalue weighted by molar-refractivity contribution is 0.377. The maximum Gasteiger partial charge on any atom is 0.126 e. The van der Waals surface area contributed by atoms with Gasteiger partial charge in [-0.1, -0.05) is 61.4 Å². The second kappa shape index (κ2) is 7.63. The molecule has 2 heterocycles. The molecule has 1 saturated carbocycles. The van der Waals surface area contributed by atoms with Crippen LogP contribution in [0.1, 0.15) is 25.7 Å². The van der Waals surface area contributed by atoms with Crippen LogP contribution >= 0.6 is 0 Å². The molecular weight excluding hydrogens is 344 g/mol. The van der Waals surface area contributed by atoms with E-state index < -0.39 is 0 Å². The van der Waals surface area contributed by atoms with E-state index in [0.29, 0.717) is 18.0 Å². The fourth-order valence-corrected chi connectivity index (χ4v) is 4.41. The zero-order valence-electron chi connectivity index (χ0n) is 16.0. The number of rotatable bonds is 3. The van der Waals surface area contributed by atoms with E-state index in [2.05, 4.69) is 77.4 Å². The molecule has 4 unspecified atom stereocenters. The van der Waals surface area contributed by atoms with E-state index in [1.54, 1.807) is 0 Å². The van der Waals surface area contributed by atoms with Crippen LogP contribution in [0.3, 0.4) is 0 Å². The Morgan fingerprint density at radius 1 is 0.821 bits per heavy atom. The number of nitrogens with one attached hydrogen (secondary N) is 2. The van der Waals surface area contributed by atoms with Crippen molar-refractivity contribution >= 4 is 22.6 Å². The lowest BCUT2D eigenvalue weighted by Gasteiger charge is -2.35. The van der Waals surface area contributed by atoms with Crippen molar-refractivity contribution in [3.8, 4) is 0 Å². The molecule has 1 aromatic carbocycles. The third-order valence-electron chi connectivity index (χ3n) is 5.94. The zero-order chi connectivity index (χ0) is 18.8. The molecule has 0 spiro atoms. The van der Waals surface area contributed by atoms with Gasteiger partial charge in [0.15, 0.2) is 0 Å². The first-order chi connectivity index (χ1) is 13.8. The molecule has 1 aromatic heterocycles. The lowest BCUT2D eigenvalue weighted by atomic mass is 9.89. The van der Waals surface area contributed by atoms with Crippen molar-refractivity contribution in [2.75, 3.05) is 5.32 Å². The maximum absolute atomic E-state index is 4.92. The van der Waals surface area contributed by atoms with E-state index in [1.807, 2.05) is 6.07 Å². The number of nitrogens with zero attached hydrogens (tertiary/aromatic N) is 2. The molecule has 2 aromatic rings. The van der Waals surface area contributed by atoms with Crippen LogP contribution < -0.4 is 10.6 Å². The predicted molar refractivity (Wildman–Crippen MR) is 117 cm³/mol. The van der Waals surface area contributed by atoms with Crippen molar-refractivity contribution in [1.29, 1.82) is 0 Å². The van der Waals surface area contributed by atoms with Gasteiger partial charge in [0.2, 0.25) is 0 Å². The first kappa shape index (κ1) is 17.2. The molecule has 4 heteroatoms. The number of dihydropyridines is 1. The minimum absolute atomic E-state index is 0.231. The summed E-state index contributed by atoms with van der Waals surface area (Å²) in [5, 5.41) is 8.58. The van der Waals surface area contributed by atoms with Gasteiger partial charge in [-0.25, -0.2) is 4.98 Å². The molecule has 0 amide bonds. The van der Waals surface area contributed by atoms with Crippen molar-refractivity contribution in [2.24, 2.45) is 10.9 Å². The highest BCUT2D eigenvalue weighted by molar-refractivity contribution is 5.94. The molecule has 5 rings (SSSR count). The van der Waals surface area contributed by atoms with Crippen molar-refractivity contribution in [2.45, 2.75) is 43.8 Å². The van der Waals surface area contributed by atoms with Crippen LogP contribution in [0.4, 0.5) is 5.82 Å². The summed E-state index contributed by atoms with van der Waals surface area (Å²) in [4.78, 5) is 9.72. The summed E-state index contributed by atoms with van der Waals surface area (Å²) < 4.78 is 0. The van der Waals surface area contributed by atoms with Crippen molar-refractivity contribution < 1.29 is 0 Å². The van der Waals surface area contributed by atoms with E-state index in [9.17, 15) is 0 Å². The van der Waals surface area contributed by atoms with Gasteiger partial charge in [-0.05, 0) is 37.1 Å². The van der Waals surface area contributed by atoms with Gasteiger partial charge in [0.1, 0.15) is 11.7 Å². The average Bonchev–Trinajstić information content (AvgIpc) is 2.75. The van der Waals surface area contributed by atoms with Gasteiger partial charge < -0.3 is 10.6 Å². The van der Waals surface area contributed by atoms with Crippen molar-refractivity contribution in [3.63, 3.8) is 0 Å². The summed E-state index contributed by atoms with van der Waals surface area (Å²) in [6.45, 7) is 0. The Kier molecular flexibility index (Phi) is 4.69. The standard InChI is InChI=1S/C24H26N4/c1-3-9-19-17(7-1)13-15-23(25-19)27-21-11-5-6-12-22(21)28-24-16-14-18-8-2-4-10-20(18)26-24/h1-4,7-10,13-17,19,21-22H,5-6,11-12H2,(H,25,27)(H,26,28). The molecule has 3 aliphatic rings. The van der Waals surface area contributed by atoms with E-state index in [-0.39, 0.29) is 6.04 Å². The largest absolute Gasteiger partial charge is 0.366 e. The molecule has 1 fully saturated rings. The highest BCUT2D eigenvalue weighted by Crippen LogP contribution is 2.25. The Balaban J connectivity index is 1.31. The number of hydrogen-bond donors (Lipinski definition) is 2. The SMILES string of the molecule is C1=CC2C=CC(NC3CCCCC3Nc3ccc4ccccc4n3)=NC2C=C1. The maximum atomic E-state index is 4.92. The van der Waals surface area contributed by atoms with Gasteiger partial charge in [-0.2, -0.15) is 0 Å². The highest BCUT2D eigenvalue weighted by atomic mass is 15.1. The number of benzene rings is 1. The lowest BCUT2D eigenvalue weighted by Crippen LogP contribution is -2.49. The number of allylic oxidation sites excluding steroid dienone is 2. The number of fused-ring (bicyclic) bond motifs is 2. The number of para-hydroxylation sites is 1. The Bertz CT molecular complexity index is 971. The minimum Gasteiger partial charge on any atom is -0.366 e. The minimum atomic E-state index is 0.231. The number of aromatic nitrogens is 1. The van der Waals surface area contributed by atoms with Crippen LogP contribution in [0.15, 0.2) is 77.8 Å². The molecule has 2 aliphatic carbocycles. The monoisotopic (exact) mass is 370 g/mol. The molecule has 0 saturated heterocycles. The van der Waals surface area contributed by atoms with E-state index >= 15 is 0 Å². The van der Waals surface area contributed by atoms with Crippen molar-refractivity contribution in [1.82, 2.24) is 10.3 Å². The van der Waals surface area contributed by atoms with Crippen molar-refractivity contribution in [3.05, 3.63) is 72.9 Å². The van der Waals surface area contributed by atoms with Gasteiger partial charge in [-0.15, -0.1) is 0 Å². The van der Waals surface area contributed by atoms with Crippen LogP contribution in [0.5, 0.6) is 0 Å². The average molecular weight is 371 g/mol. The van der Waals surface area contributed by atoms with Crippen LogP contribution in [0.25, 0.3) is 10.9 Å². The Morgan fingerprint density at radius 3 is 2.57 bits per heavy atom. The molecule has 28 heavy (non-hydrogen) atoms. The van der Waals surface area contributed by atoms with Crippen LogP contribution in [0.2, 0.25) is 0 Å². The molecule has 142 valence electrons. The molecule has 0 radical (unpaired) electrons. The number of aliphatic imine (C=N–C) groups is 1. The molecule has 1 aliphatic heterocycles. The molecule has 4 nitrogen and oxygen atoms in total. The fraction of sp³-hybridized carbons (Fsp3) is 0.333. The first-order valence-corrected chi connectivity index (χ1v) is 10.3. The van der Waals surface area contributed by atoms with Crippen LogP contribution in [0, 0.1) is 5.92 Å². The fourth-order valence-electron chi connectivity index (χ4n) is 4.41. The quantitative estimate of drug-likeness (QED) is 0.828. The summed E-state index contributed by atoms with van der Waals surface area (Å²) in [5.41, 5.74) is 1.04. The van der Waals surface area contributed by atoms with Crippen LogP contribution in [-0.2, 0) is 0 Å². The van der Waals surface area contributed by atoms with Gasteiger partial charge in [0, 0.05) is 23.4 Å². The smallest absolute Gasteiger partial charge is 0.126 e. The summed E-state index contributed by atoms with van der Waals surface area (Å²) in [6, 6.07) is 13.5. The Morgan fingerprint density at radius 2 is 1.64 bits per heavy atom. The normalized spacial score (nSPS) is 28.6. The summed E-state index contributed by atoms with van der Waals surface area (Å²) in [7, 11) is 0. The number of anilines is 1. The predicted octanol–water partition coefficient (Wildman–Crippen LogP) is 4.63. The third kappa shape index (κ3) is 3.59. The van der Waals surface area contributed by atoms with Gasteiger partial charge in [-0.3, -0.25) is 4.99 Å². The second-order valence-corrected chi connectivity index (χ2v) is 7.89. The highest BCUT2D eigenvalue weighted by Gasteiger charge is 2.27. The zero-order valence-corrected chi connectivity index (χ0v) is 16.0. The summed E-state index contributed by atoms with van der Waals surface area (Å²) in [5.74, 6) is 2.36. The third-order valence-corrected chi connectivity index (χ3v) is 5.94. The number of amidine groups is 1. The first-order valence-electron chi connectivity index (χ1n) is 10.3. The van der Waals surface area contributed by atoms with Crippen LogP contribution in [-0.4, -0.2) is 28.9 Å². The topological polar surface area (TPSA) is 49.3 Å². The van der Waals surface area contributed by atoms with E-state index in [1.165, 1.54) is 18.2 Å². The number of pyridine rings is 1. The summed E-state index contributed by atoms with van der Waals surface area (Å²) in [6.07, 6.45) is 17.8. The van der Waals surface area contributed by atoms with Gasteiger partial charge in [0.05, 0.1) is 11.6 Å². The Labute approximate surface area is 166 Å². The molecular formula is C24H26N4. The molecule has 2 N–H and O–H groups in total. The van der Waals surface area contributed by atoms with E-state index in [0.717, 1.165) is 30.0 Å². The summed E-state index contributed by atoms with van der Waals surface area (Å²) >= 11 is 0. The molecule has 0 bridgehead atoms. The van der Waals surface area contributed by atoms with Gasteiger partial charge in [0.25, 0.3) is 0 Å². The Hall–Kier alpha value is -2.88. The second-order valence-electron chi connectivity index (χ2n) is 7.89. The molecule has 4 atom stereocenters. The number of hydrogen-bond acceptors (Lipinski definition) is 4. The van der Waals surface area contributed by atoms with E-state index in [4.69, 9.17) is 9.98 Å².